The van der Waals surface area contributed by atoms with Gasteiger partial charge in [-0.25, -0.2) is 4.79 Å². The zero-order chi connectivity index (χ0) is 9.97. The predicted molar refractivity (Wildman–Crippen MR) is 46.6 cm³/mol. The summed E-state index contributed by atoms with van der Waals surface area (Å²) in [6.45, 7) is 0. The van der Waals surface area contributed by atoms with Crippen molar-refractivity contribution in [2.75, 3.05) is 7.11 Å². The number of hydrogen-bond donors (Lipinski definition) is 1. The lowest BCUT2D eigenvalue weighted by Gasteiger charge is -1.93. The Labute approximate surface area is 82.1 Å². The van der Waals surface area contributed by atoms with Crippen LogP contribution in [0.4, 0.5) is 0 Å². The van der Waals surface area contributed by atoms with Crippen molar-refractivity contribution >= 4 is 17.3 Å². The number of nitrogens with one attached hydrogen (secondary N) is 1. The molecule has 0 aliphatic heterocycles. The molecule has 0 bridgehead atoms. The summed E-state index contributed by atoms with van der Waals surface area (Å²) in [6, 6.07) is 0. The molecule has 0 saturated heterocycles. The Morgan fingerprint density at radius 2 is 2.43 bits per heavy atom. The molecule has 2 heterocycles. The normalized spacial score (nSPS) is 10.1. The summed E-state index contributed by atoms with van der Waals surface area (Å²) in [6.07, 6.45) is 0. The van der Waals surface area contributed by atoms with Crippen LogP contribution in [0.1, 0.15) is 10.5 Å². The van der Waals surface area contributed by atoms with E-state index >= 15 is 0 Å². The van der Waals surface area contributed by atoms with E-state index in [1.165, 1.54) is 18.4 Å². The van der Waals surface area contributed by atoms with Crippen LogP contribution in [0.3, 0.4) is 0 Å². The number of carbonyl (C=O) groups excluding carboxylic acids is 1. The number of H-pyrrole nitrogens is 1. The van der Waals surface area contributed by atoms with Crippen LogP contribution < -0.4 is 0 Å². The first-order valence-corrected chi connectivity index (χ1v) is 4.46. The van der Waals surface area contributed by atoms with Crippen molar-refractivity contribution in [3.63, 3.8) is 0 Å². The maximum Gasteiger partial charge on any atom is 0.361 e. The summed E-state index contributed by atoms with van der Waals surface area (Å²) in [5.74, 6) is -0.552. The van der Waals surface area contributed by atoms with Gasteiger partial charge in [0.15, 0.2) is 10.7 Å². The number of hydrogen-bond acceptors (Lipinski definition) is 7. The van der Waals surface area contributed by atoms with E-state index in [2.05, 4.69) is 30.3 Å². The first kappa shape index (κ1) is 8.75. The molecule has 0 spiro atoms. The van der Waals surface area contributed by atoms with Crippen molar-refractivity contribution in [2.24, 2.45) is 0 Å². The molecule has 0 aromatic carbocycles. The summed E-state index contributed by atoms with van der Waals surface area (Å²) in [4.78, 5) is 11.2. The third-order valence-corrected chi connectivity index (χ3v) is 2.19. The van der Waals surface area contributed by atoms with E-state index in [4.69, 9.17) is 0 Å². The fraction of sp³-hybridized carbons (Fsp3) is 0.167. The van der Waals surface area contributed by atoms with Gasteiger partial charge < -0.3 is 4.74 Å². The van der Waals surface area contributed by atoms with Crippen molar-refractivity contribution in [3.05, 3.63) is 11.2 Å². The molecule has 0 fully saturated rings. The summed E-state index contributed by atoms with van der Waals surface area (Å²) < 4.78 is 4.53. The largest absolute Gasteiger partial charge is 0.464 e. The minimum absolute atomic E-state index is 0.115. The van der Waals surface area contributed by atoms with Crippen LogP contribution in [-0.4, -0.2) is 38.7 Å². The molecule has 8 heteroatoms. The molecular weight excluding hydrogens is 206 g/mol. The highest BCUT2D eigenvalue weighted by atomic mass is 32.1. The number of methoxy groups -OCH3 is 1. The van der Waals surface area contributed by atoms with Gasteiger partial charge in [0, 0.05) is 0 Å². The third-order valence-electron chi connectivity index (χ3n) is 1.49. The highest BCUT2D eigenvalue weighted by molar-refractivity contribution is 7.12. The van der Waals surface area contributed by atoms with E-state index in [-0.39, 0.29) is 5.69 Å². The van der Waals surface area contributed by atoms with Gasteiger partial charge in [-0.1, -0.05) is 11.3 Å². The monoisotopic (exact) mass is 211 g/mol. The minimum Gasteiger partial charge on any atom is -0.464 e. The van der Waals surface area contributed by atoms with Crippen LogP contribution in [0.25, 0.3) is 10.7 Å². The van der Waals surface area contributed by atoms with Crippen molar-refractivity contribution in [3.8, 4) is 10.7 Å². The van der Waals surface area contributed by atoms with E-state index in [0.29, 0.717) is 10.7 Å². The first-order valence-electron chi connectivity index (χ1n) is 3.58. The number of carbonyl (C=O) groups is 1. The highest BCUT2D eigenvalue weighted by Gasteiger charge is 2.20. The van der Waals surface area contributed by atoms with Crippen LogP contribution in [0.2, 0.25) is 0 Å². The summed E-state index contributed by atoms with van der Waals surface area (Å²) in [5, 5.41) is 17.8. The quantitative estimate of drug-likeness (QED) is 0.708. The number of aromatic nitrogens is 5. The SMILES string of the molecule is COC(=O)c1n[nH]nc1-c1nncs1. The predicted octanol–water partition coefficient (Wildman–Crippen LogP) is 0.110. The van der Waals surface area contributed by atoms with Crippen LogP contribution in [0.5, 0.6) is 0 Å². The van der Waals surface area contributed by atoms with Crippen LogP contribution >= 0.6 is 11.3 Å². The molecule has 0 amide bonds. The molecule has 14 heavy (non-hydrogen) atoms. The van der Waals surface area contributed by atoms with Gasteiger partial charge in [-0.3, -0.25) is 0 Å². The summed E-state index contributed by atoms with van der Waals surface area (Å²) in [5.41, 5.74) is 2.02. The Kier molecular flexibility index (Phi) is 2.19. The van der Waals surface area contributed by atoms with E-state index in [1.54, 1.807) is 5.51 Å². The maximum absolute atomic E-state index is 11.2. The van der Waals surface area contributed by atoms with Crippen molar-refractivity contribution in [1.29, 1.82) is 0 Å². The smallest absolute Gasteiger partial charge is 0.361 e. The Bertz CT molecular complexity index is 437. The van der Waals surface area contributed by atoms with Crippen molar-refractivity contribution in [2.45, 2.75) is 0 Å². The molecular formula is C6H5N5O2S. The van der Waals surface area contributed by atoms with Gasteiger partial charge in [-0.2, -0.15) is 10.3 Å². The lowest BCUT2D eigenvalue weighted by Crippen LogP contribution is -2.03. The van der Waals surface area contributed by atoms with Gasteiger partial charge in [0.05, 0.1) is 7.11 Å². The zero-order valence-corrected chi connectivity index (χ0v) is 7.91. The van der Waals surface area contributed by atoms with Gasteiger partial charge in [0.2, 0.25) is 5.69 Å². The van der Waals surface area contributed by atoms with Gasteiger partial charge >= 0.3 is 5.97 Å². The number of nitrogens with zero attached hydrogens (tertiary/aromatic N) is 4. The molecule has 0 unspecified atom stereocenters. The zero-order valence-electron chi connectivity index (χ0n) is 7.09. The molecule has 72 valence electrons. The van der Waals surface area contributed by atoms with Gasteiger partial charge in [0.25, 0.3) is 0 Å². The Hall–Kier alpha value is -1.83. The van der Waals surface area contributed by atoms with Crippen molar-refractivity contribution < 1.29 is 9.53 Å². The fourth-order valence-corrected chi connectivity index (χ4v) is 1.44. The standard InChI is InChI=1S/C6H5N5O2S/c1-13-6(12)4-3(8-11-9-4)5-10-7-2-14-5/h2H,1H3,(H,8,9,11). The molecule has 2 aromatic heterocycles. The number of aromatic amines is 1. The van der Waals surface area contributed by atoms with Gasteiger partial charge in [-0.15, -0.1) is 15.3 Å². The first-order chi connectivity index (χ1) is 6.83. The molecule has 0 aliphatic rings. The molecule has 2 rings (SSSR count). The van der Waals surface area contributed by atoms with Crippen LogP contribution in [0, 0.1) is 0 Å². The average molecular weight is 211 g/mol. The Morgan fingerprint density at radius 1 is 1.57 bits per heavy atom. The number of rotatable bonds is 2. The van der Waals surface area contributed by atoms with Crippen LogP contribution in [-0.2, 0) is 4.74 Å². The van der Waals surface area contributed by atoms with Crippen LogP contribution in [0.15, 0.2) is 5.51 Å². The molecule has 2 aromatic rings. The summed E-state index contributed by atoms with van der Waals surface area (Å²) in [7, 11) is 1.28. The highest BCUT2D eigenvalue weighted by Crippen LogP contribution is 2.20. The van der Waals surface area contributed by atoms with E-state index in [9.17, 15) is 4.79 Å². The second-order valence-corrected chi connectivity index (χ2v) is 3.09. The van der Waals surface area contributed by atoms with E-state index < -0.39 is 5.97 Å². The third kappa shape index (κ3) is 1.35. The Morgan fingerprint density at radius 3 is 3.07 bits per heavy atom. The maximum atomic E-state index is 11.2. The Balaban J connectivity index is 2.45. The molecule has 0 aliphatic carbocycles. The van der Waals surface area contributed by atoms with Crippen molar-refractivity contribution in [1.82, 2.24) is 25.6 Å². The summed E-state index contributed by atoms with van der Waals surface area (Å²) >= 11 is 1.27. The minimum atomic E-state index is -0.552. The number of esters is 1. The van der Waals surface area contributed by atoms with Gasteiger partial charge in [0.1, 0.15) is 5.51 Å². The van der Waals surface area contributed by atoms with Gasteiger partial charge in [-0.05, 0) is 0 Å². The second kappa shape index (κ2) is 3.50. The molecule has 0 radical (unpaired) electrons. The fourth-order valence-electron chi connectivity index (χ4n) is 0.895. The topological polar surface area (TPSA) is 93.7 Å². The van der Waals surface area contributed by atoms with E-state index in [1.807, 2.05) is 0 Å². The lowest BCUT2D eigenvalue weighted by molar-refractivity contribution is 0.0595. The molecule has 0 atom stereocenters. The van der Waals surface area contributed by atoms with E-state index in [0.717, 1.165) is 0 Å². The second-order valence-electron chi connectivity index (χ2n) is 2.26. The molecule has 1 N–H and O–H groups in total. The lowest BCUT2D eigenvalue weighted by atomic mass is 10.3. The molecule has 0 saturated carbocycles. The average Bonchev–Trinajstić information content (AvgIpc) is 2.85. The molecule has 7 nitrogen and oxygen atoms in total. The number of ether oxygens (including phenoxy) is 1.